The minimum atomic E-state index is -0.0128. The first-order valence-corrected chi connectivity index (χ1v) is 6.71. The Hall–Kier alpha value is -0.940. The van der Waals surface area contributed by atoms with Gasteiger partial charge in [0.05, 0.1) is 12.3 Å². The van der Waals surface area contributed by atoms with E-state index in [0.29, 0.717) is 5.92 Å². The van der Waals surface area contributed by atoms with E-state index in [4.69, 9.17) is 0 Å². The molecule has 0 amide bonds. The van der Waals surface area contributed by atoms with Gasteiger partial charge in [0.2, 0.25) is 0 Å². The Morgan fingerprint density at radius 2 is 2.06 bits per heavy atom. The highest BCUT2D eigenvalue weighted by atomic mass is 16.3. The lowest BCUT2D eigenvalue weighted by Crippen LogP contribution is -2.16. The summed E-state index contributed by atoms with van der Waals surface area (Å²) in [5.41, 5.74) is 1.84. The van der Waals surface area contributed by atoms with Gasteiger partial charge in [-0.3, -0.25) is 0 Å². The molecule has 1 heterocycles. The molecular formula is C13H26N4O. The fraction of sp³-hybridized carbons (Fsp3) is 0.846. The normalized spacial score (nSPS) is 11.7. The fourth-order valence-corrected chi connectivity index (χ4v) is 1.91. The highest BCUT2D eigenvalue weighted by molar-refractivity contribution is 5.09. The van der Waals surface area contributed by atoms with E-state index in [1.807, 2.05) is 4.68 Å². The first-order valence-electron chi connectivity index (χ1n) is 6.71. The van der Waals surface area contributed by atoms with Gasteiger partial charge in [0.1, 0.15) is 5.69 Å². The summed E-state index contributed by atoms with van der Waals surface area (Å²) in [6.45, 7) is 6.31. The monoisotopic (exact) mass is 254 g/mol. The van der Waals surface area contributed by atoms with E-state index in [0.717, 1.165) is 43.7 Å². The van der Waals surface area contributed by atoms with E-state index in [1.165, 1.54) is 0 Å². The molecule has 0 aliphatic heterocycles. The third-order valence-electron chi connectivity index (χ3n) is 3.00. The van der Waals surface area contributed by atoms with Crippen LogP contribution in [0.25, 0.3) is 0 Å². The lowest BCUT2D eigenvalue weighted by atomic mass is 10.1. The van der Waals surface area contributed by atoms with Crippen molar-refractivity contribution in [3.8, 4) is 0 Å². The predicted octanol–water partition coefficient (Wildman–Crippen LogP) is 1.31. The Bertz CT molecular complexity index is 347. The van der Waals surface area contributed by atoms with Crippen molar-refractivity contribution in [3.05, 3.63) is 11.4 Å². The van der Waals surface area contributed by atoms with Crippen molar-refractivity contribution in [2.24, 2.45) is 5.92 Å². The second kappa shape index (κ2) is 7.48. The summed E-state index contributed by atoms with van der Waals surface area (Å²) in [6, 6.07) is 0. The first kappa shape index (κ1) is 15.1. The lowest BCUT2D eigenvalue weighted by molar-refractivity contribution is 0.275. The van der Waals surface area contributed by atoms with E-state index in [1.54, 1.807) is 0 Å². The molecule has 0 spiro atoms. The smallest absolute Gasteiger partial charge is 0.111 e. The van der Waals surface area contributed by atoms with Crippen LogP contribution in [0.1, 0.15) is 38.1 Å². The Morgan fingerprint density at radius 1 is 1.33 bits per heavy atom. The van der Waals surface area contributed by atoms with Crippen LogP contribution in [0.2, 0.25) is 0 Å². The molecule has 0 aliphatic rings. The number of rotatable bonds is 8. The summed E-state index contributed by atoms with van der Waals surface area (Å²) in [7, 11) is 4.14. The molecule has 0 saturated carbocycles. The zero-order chi connectivity index (χ0) is 13.5. The SMILES string of the molecule is CC(C)CCc1c(CO)nnn1CCCN(C)C. The molecule has 0 unspecified atom stereocenters. The average molecular weight is 254 g/mol. The Kier molecular flexibility index (Phi) is 6.29. The topological polar surface area (TPSA) is 54.2 Å². The molecule has 104 valence electrons. The fourth-order valence-electron chi connectivity index (χ4n) is 1.91. The molecule has 5 heteroatoms. The lowest BCUT2D eigenvalue weighted by Gasteiger charge is -2.11. The molecule has 0 fully saturated rings. The number of aryl methyl sites for hydroxylation is 1. The molecule has 0 radical (unpaired) electrons. The van der Waals surface area contributed by atoms with Crippen LogP contribution in [0.5, 0.6) is 0 Å². The predicted molar refractivity (Wildman–Crippen MR) is 72.3 cm³/mol. The number of hydrogen-bond donors (Lipinski definition) is 1. The van der Waals surface area contributed by atoms with Gasteiger partial charge >= 0.3 is 0 Å². The third-order valence-corrected chi connectivity index (χ3v) is 3.00. The van der Waals surface area contributed by atoms with Crippen LogP contribution in [0.4, 0.5) is 0 Å². The zero-order valence-corrected chi connectivity index (χ0v) is 12.1. The van der Waals surface area contributed by atoms with Gasteiger partial charge in [-0.25, -0.2) is 4.68 Å². The molecule has 18 heavy (non-hydrogen) atoms. The van der Waals surface area contributed by atoms with E-state index in [2.05, 4.69) is 43.2 Å². The van der Waals surface area contributed by atoms with Crippen LogP contribution < -0.4 is 0 Å². The standard InChI is InChI=1S/C13H26N4O/c1-11(2)6-7-13-12(10-18)14-15-17(13)9-5-8-16(3)4/h11,18H,5-10H2,1-4H3. The number of aliphatic hydroxyl groups excluding tert-OH is 1. The maximum Gasteiger partial charge on any atom is 0.111 e. The molecule has 0 aliphatic carbocycles. The van der Waals surface area contributed by atoms with Gasteiger partial charge in [0.25, 0.3) is 0 Å². The average Bonchev–Trinajstić information content (AvgIpc) is 2.68. The molecule has 1 aromatic rings. The van der Waals surface area contributed by atoms with Crippen LogP contribution in [0, 0.1) is 5.92 Å². The second-order valence-corrected chi connectivity index (χ2v) is 5.45. The Labute approximate surface area is 110 Å². The Balaban J connectivity index is 2.62. The van der Waals surface area contributed by atoms with E-state index in [9.17, 15) is 5.11 Å². The van der Waals surface area contributed by atoms with Crippen LogP contribution in [-0.4, -0.2) is 45.6 Å². The molecule has 0 saturated heterocycles. The maximum absolute atomic E-state index is 9.29. The van der Waals surface area contributed by atoms with E-state index >= 15 is 0 Å². The highest BCUT2D eigenvalue weighted by Gasteiger charge is 2.12. The van der Waals surface area contributed by atoms with E-state index < -0.39 is 0 Å². The first-order chi connectivity index (χ1) is 8.54. The van der Waals surface area contributed by atoms with Gasteiger partial charge in [-0.1, -0.05) is 19.1 Å². The number of aromatic nitrogens is 3. The molecule has 0 bridgehead atoms. The van der Waals surface area contributed by atoms with Crippen molar-refractivity contribution in [2.75, 3.05) is 20.6 Å². The molecular weight excluding hydrogens is 228 g/mol. The number of hydrogen-bond acceptors (Lipinski definition) is 4. The molecule has 1 rings (SSSR count). The molecule has 1 aromatic heterocycles. The van der Waals surface area contributed by atoms with Gasteiger partial charge in [0, 0.05) is 6.54 Å². The van der Waals surface area contributed by atoms with E-state index in [-0.39, 0.29) is 6.61 Å². The van der Waals surface area contributed by atoms with Crippen molar-refractivity contribution in [1.29, 1.82) is 0 Å². The summed E-state index contributed by atoms with van der Waals surface area (Å²) >= 11 is 0. The zero-order valence-electron chi connectivity index (χ0n) is 12.1. The minimum Gasteiger partial charge on any atom is -0.390 e. The summed E-state index contributed by atoms with van der Waals surface area (Å²) in [4.78, 5) is 2.16. The largest absolute Gasteiger partial charge is 0.390 e. The van der Waals surface area contributed by atoms with Gasteiger partial charge in [0.15, 0.2) is 0 Å². The maximum atomic E-state index is 9.29. The molecule has 0 aromatic carbocycles. The quantitative estimate of drug-likeness (QED) is 0.760. The van der Waals surface area contributed by atoms with Crippen LogP contribution in [0.15, 0.2) is 0 Å². The van der Waals surface area contributed by atoms with Crippen molar-refractivity contribution >= 4 is 0 Å². The van der Waals surface area contributed by atoms with Crippen LogP contribution in [-0.2, 0) is 19.6 Å². The van der Waals surface area contributed by atoms with Crippen molar-refractivity contribution in [2.45, 2.75) is 46.3 Å². The summed E-state index contributed by atoms with van der Waals surface area (Å²) in [5, 5.41) is 17.5. The Morgan fingerprint density at radius 3 is 2.61 bits per heavy atom. The third kappa shape index (κ3) is 4.74. The summed E-state index contributed by atoms with van der Waals surface area (Å²) in [5.74, 6) is 0.654. The molecule has 0 atom stereocenters. The van der Waals surface area contributed by atoms with Gasteiger partial charge in [-0.15, -0.1) is 5.10 Å². The van der Waals surface area contributed by atoms with Crippen LogP contribution in [0.3, 0.4) is 0 Å². The summed E-state index contributed by atoms with van der Waals surface area (Å²) in [6.07, 6.45) is 3.10. The van der Waals surface area contributed by atoms with Crippen LogP contribution >= 0.6 is 0 Å². The van der Waals surface area contributed by atoms with Crippen molar-refractivity contribution < 1.29 is 5.11 Å². The molecule has 1 N–H and O–H groups in total. The molecule has 5 nitrogen and oxygen atoms in total. The highest BCUT2D eigenvalue weighted by Crippen LogP contribution is 2.13. The van der Waals surface area contributed by atoms with Gasteiger partial charge in [-0.2, -0.15) is 0 Å². The summed E-state index contributed by atoms with van der Waals surface area (Å²) < 4.78 is 1.96. The van der Waals surface area contributed by atoms with Gasteiger partial charge < -0.3 is 10.0 Å². The number of nitrogens with zero attached hydrogens (tertiary/aromatic N) is 4. The van der Waals surface area contributed by atoms with Crippen molar-refractivity contribution in [3.63, 3.8) is 0 Å². The minimum absolute atomic E-state index is 0.0128. The number of aliphatic hydroxyl groups is 1. The van der Waals surface area contributed by atoms with Crippen molar-refractivity contribution in [1.82, 2.24) is 19.9 Å². The van der Waals surface area contributed by atoms with Gasteiger partial charge in [-0.05, 0) is 45.8 Å². The second-order valence-electron chi connectivity index (χ2n) is 5.45.